The molecule has 1 aromatic rings. The smallest absolute Gasteiger partial charge is 0.0444 e. The van der Waals surface area contributed by atoms with E-state index >= 15 is 0 Å². The minimum Gasteiger partial charge on any atom is -0.385 e. The molecule has 0 aromatic carbocycles. The lowest BCUT2D eigenvalue weighted by molar-refractivity contribution is 0.536. The Hall–Kier alpha value is -1.54. The summed E-state index contributed by atoms with van der Waals surface area (Å²) in [7, 11) is 0. The van der Waals surface area contributed by atoms with Crippen molar-refractivity contribution in [1.82, 2.24) is 5.32 Å². The Bertz CT molecular complexity index is 634. The standard InChI is InChI=1S/C18H21NS/c1-5-13-14(6-2)20-15-10-8-7-9-11-19-18(4)12-17(18,3)16(13)15/h5-9,11,19H,1-2,10,12H2,3-4H3/b8-7-,11-9-/t17-,18-/m0/s1. The van der Waals surface area contributed by atoms with E-state index in [0.717, 1.165) is 12.8 Å². The van der Waals surface area contributed by atoms with Crippen molar-refractivity contribution in [3.63, 3.8) is 0 Å². The summed E-state index contributed by atoms with van der Waals surface area (Å²) >= 11 is 1.86. The van der Waals surface area contributed by atoms with Gasteiger partial charge in [-0.1, -0.05) is 44.4 Å². The molecule has 104 valence electrons. The van der Waals surface area contributed by atoms with Gasteiger partial charge >= 0.3 is 0 Å². The van der Waals surface area contributed by atoms with Crippen molar-refractivity contribution in [2.45, 2.75) is 37.6 Å². The van der Waals surface area contributed by atoms with Crippen LogP contribution in [0.4, 0.5) is 0 Å². The molecule has 1 aliphatic carbocycles. The Morgan fingerprint density at radius 1 is 1.25 bits per heavy atom. The number of hydrogen-bond acceptors (Lipinski definition) is 2. The van der Waals surface area contributed by atoms with Gasteiger partial charge in [0.1, 0.15) is 0 Å². The molecule has 2 atom stereocenters. The van der Waals surface area contributed by atoms with Crippen LogP contribution in [-0.2, 0) is 11.8 Å². The molecule has 2 aliphatic rings. The second-order valence-electron chi connectivity index (χ2n) is 6.06. The molecule has 1 aliphatic heterocycles. The van der Waals surface area contributed by atoms with Crippen molar-refractivity contribution in [2.75, 3.05) is 0 Å². The minimum atomic E-state index is 0.140. The van der Waals surface area contributed by atoms with E-state index < -0.39 is 0 Å². The first-order valence-electron chi connectivity index (χ1n) is 7.06. The van der Waals surface area contributed by atoms with Gasteiger partial charge in [-0.3, -0.25) is 0 Å². The molecule has 0 saturated heterocycles. The summed E-state index contributed by atoms with van der Waals surface area (Å²) in [6.45, 7) is 12.7. The Labute approximate surface area is 125 Å². The molecule has 0 spiro atoms. The van der Waals surface area contributed by atoms with Gasteiger partial charge in [0, 0.05) is 27.1 Å². The molecule has 0 bridgehead atoms. The van der Waals surface area contributed by atoms with Gasteiger partial charge in [0.15, 0.2) is 0 Å². The highest BCUT2D eigenvalue weighted by atomic mass is 32.1. The topological polar surface area (TPSA) is 12.0 Å². The van der Waals surface area contributed by atoms with Crippen LogP contribution in [0.25, 0.3) is 12.2 Å². The zero-order chi connectivity index (χ0) is 14.4. The maximum absolute atomic E-state index is 4.03. The van der Waals surface area contributed by atoms with Crippen LogP contribution < -0.4 is 5.32 Å². The molecule has 1 N–H and O–H groups in total. The second kappa shape index (κ2) is 4.49. The van der Waals surface area contributed by atoms with Crippen LogP contribution in [0.3, 0.4) is 0 Å². The zero-order valence-electron chi connectivity index (χ0n) is 12.2. The van der Waals surface area contributed by atoms with Gasteiger partial charge in [-0.15, -0.1) is 11.3 Å². The predicted octanol–water partition coefficient (Wildman–Crippen LogP) is 4.67. The SMILES string of the molecule is C=Cc1sc2c(c1C=C)[C@]1(C)C[C@]1(C)N/C=C\C=C/C2. The summed E-state index contributed by atoms with van der Waals surface area (Å²) in [5, 5.41) is 3.58. The van der Waals surface area contributed by atoms with E-state index in [1.165, 1.54) is 20.9 Å². The van der Waals surface area contributed by atoms with Crippen molar-refractivity contribution in [3.05, 3.63) is 58.5 Å². The highest BCUT2D eigenvalue weighted by molar-refractivity contribution is 7.13. The van der Waals surface area contributed by atoms with Gasteiger partial charge in [-0.25, -0.2) is 0 Å². The Kier molecular flexibility index (Phi) is 3.02. The van der Waals surface area contributed by atoms with Gasteiger partial charge < -0.3 is 5.32 Å². The summed E-state index contributed by atoms with van der Waals surface area (Å²) in [5.74, 6) is 0. The first kappa shape index (κ1) is 13.4. The van der Waals surface area contributed by atoms with Crippen LogP contribution in [-0.4, -0.2) is 5.54 Å². The fourth-order valence-corrected chi connectivity index (χ4v) is 4.65. The normalized spacial score (nSPS) is 34.1. The summed E-state index contributed by atoms with van der Waals surface area (Å²) < 4.78 is 0. The van der Waals surface area contributed by atoms with Gasteiger partial charge in [-0.2, -0.15) is 0 Å². The summed E-state index contributed by atoms with van der Waals surface area (Å²) in [6, 6.07) is 0. The van der Waals surface area contributed by atoms with Crippen molar-refractivity contribution >= 4 is 23.5 Å². The molecular weight excluding hydrogens is 262 g/mol. The zero-order valence-corrected chi connectivity index (χ0v) is 13.0. The lowest BCUT2D eigenvalue weighted by Gasteiger charge is -2.22. The minimum absolute atomic E-state index is 0.140. The summed E-state index contributed by atoms with van der Waals surface area (Å²) in [5.41, 5.74) is 3.08. The molecule has 1 saturated carbocycles. The molecule has 20 heavy (non-hydrogen) atoms. The lowest BCUT2D eigenvalue weighted by atomic mass is 9.88. The van der Waals surface area contributed by atoms with Crippen LogP contribution >= 0.6 is 11.3 Å². The number of allylic oxidation sites excluding steroid dienone is 3. The highest BCUT2D eigenvalue weighted by Gasteiger charge is 2.63. The number of rotatable bonds is 2. The van der Waals surface area contributed by atoms with Crippen molar-refractivity contribution in [1.29, 1.82) is 0 Å². The molecule has 1 nitrogen and oxygen atoms in total. The van der Waals surface area contributed by atoms with E-state index in [0.29, 0.717) is 0 Å². The number of hydrogen-bond donors (Lipinski definition) is 1. The second-order valence-corrected chi connectivity index (χ2v) is 7.20. The third-order valence-corrected chi connectivity index (χ3v) is 6.06. The van der Waals surface area contributed by atoms with Gasteiger partial charge in [0.2, 0.25) is 0 Å². The molecule has 2 heteroatoms. The van der Waals surface area contributed by atoms with Crippen LogP contribution in [0.15, 0.2) is 37.6 Å². The molecule has 0 amide bonds. The molecule has 3 rings (SSSR count). The Morgan fingerprint density at radius 2 is 2.05 bits per heavy atom. The quantitative estimate of drug-likeness (QED) is 0.831. The van der Waals surface area contributed by atoms with Crippen LogP contribution in [0.1, 0.15) is 41.1 Å². The molecule has 0 radical (unpaired) electrons. The lowest BCUT2D eigenvalue weighted by Crippen LogP contribution is -2.32. The fourth-order valence-electron chi connectivity index (χ4n) is 3.39. The average Bonchev–Trinajstić information content (AvgIpc) is 2.82. The van der Waals surface area contributed by atoms with E-state index in [9.17, 15) is 0 Å². The largest absolute Gasteiger partial charge is 0.385 e. The highest BCUT2D eigenvalue weighted by Crippen LogP contribution is 2.60. The monoisotopic (exact) mass is 283 g/mol. The number of fused-ring (bicyclic) bond motifs is 3. The molecule has 2 heterocycles. The van der Waals surface area contributed by atoms with Crippen LogP contribution in [0, 0.1) is 0 Å². The van der Waals surface area contributed by atoms with Crippen molar-refractivity contribution in [3.8, 4) is 0 Å². The van der Waals surface area contributed by atoms with Crippen LogP contribution in [0.2, 0.25) is 0 Å². The van der Waals surface area contributed by atoms with E-state index in [-0.39, 0.29) is 11.0 Å². The number of thiophene rings is 1. The van der Waals surface area contributed by atoms with Gasteiger partial charge in [0.25, 0.3) is 0 Å². The Balaban J connectivity index is 2.21. The summed E-state index contributed by atoms with van der Waals surface area (Å²) in [6.07, 6.45) is 14.6. The van der Waals surface area contributed by atoms with Crippen molar-refractivity contribution < 1.29 is 0 Å². The van der Waals surface area contributed by atoms with E-state index in [2.05, 4.69) is 56.8 Å². The fraction of sp³-hybridized carbons (Fsp3) is 0.333. The molecule has 1 aromatic heterocycles. The third kappa shape index (κ3) is 1.75. The van der Waals surface area contributed by atoms with Gasteiger partial charge in [-0.05, 0) is 36.7 Å². The third-order valence-electron chi connectivity index (χ3n) is 4.84. The number of nitrogens with one attached hydrogen (secondary N) is 1. The molecular formula is C18H21NS. The Morgan fingerprint density at radius 3 is 2.75 bits per heavy atom. The van der Waals surface area contributed by atoms with Crippen molar-refractivity contribution in [2.24, 2.45) is 0 Å². The molecule has 1 fully saturated rings. The maximum atomic E-state index is 4.03. The maximum Gasteiger partial charge on any atom is 0.0444 e. The first-order chi connectivity index (χ1) is 9.55. The van der Waals surface area contributed by atoms with Crippen LogP contribution in [0.5, 0.6) is 0 Å². The average molecular weight is 283 g/mol. The predicted molar refractivity (Wildman–Crippen MR) is 90.0 cm³/mol. The summed E-state index contributed by atoms with van der Waals surface area (Å²) in [4.78, 5) is 2.70. The van der Waals surface area contributed by atoms with E-state index in [4.69, 9.17) is 0 Å². The van der Waals surface area contributed by atoms with E-state index in [1.807, 2.05) is 23.5 Å². The van der Waals surface area contributed by atoms with Gasteiger partial charge in [0.05, 0.1) is 0 Å². The molecule has 0 unspecified atom stereocenters. The first-order valence-corrected chi connectivity index (χ1v) is 7.88. The van der Waals surface area contributed by atoms with E-state index in [1.54, 1.807) is 0 Å².